The monoisotopic (exact) mass is 270 g/mol. The molecule has 4 saturated carbocycles. The Morgan fingerprint density at radius 2 is 1.65 bits per heavy atom. The molecule has 4 bridgehead atoms. The Balaban J connectivity index is 1.44. The molecule has 0 atom stereocenters. The Labute approximate surface area is 122 Å². The zero-order chi connectivity index (χ0) is 13.7. The van der Waals surface area contributed by atoms with Crippen LogP contribution in [-0.4, -0.2) is 5.11 Å². The van der Waals surface area contributed by atoms with E-state index in [1.165, 1.54) is 32.1 Å². The van der Waals surface area contributed by atoms with Crippen LogP contribution in [0.4, 0.5) is 0 Å². The van der Waals surface area contributed by atoms with Gasteiger partial charge in [-0.3, -0.25) is 0 Å². The first kappa shape index (κ1) is 12.7. The zero-order valence-corrected chi connectivity index (χ0v) is 12.5. The number of hydrogen-bond donors (Lipinski definition) is 1. The Morgan fingerprint density at radius 1 is 1.00 bits per heavy atom. The van der Waals surface area contributed by atoms with Gasteiger partial charge in [0.1, 0.15) is 5.75 Å². The number of hydrogen-bond acceptors (Lipinski definition) is 1. The largest absolute Gasteiger partial charge is 0.508 e. The summed E-state index contributed by atoms with van der Waals surface area (Å²) in [5.74, 6) is 5.62. The highest BCUT2D eigenvalue weighted by Gasteiger charge is 2.47. The third kappa shape index (κ3) is 2.16. The van der Waals surface area contributed by atoms with Crippen LogP contribution >= 0.6 is 0 Å². The van der Waals surface area contributed by atoms with Crippen molar-refractivity contribution < 1.29 is 5.11 Å². The van der Waals surface area contributed by atoms with Gasteiger partial charge in [-0.25, -0.2) is 0 Å². The number of aryl methyl sites for hydroxylation is 2. The average Bonchev–Trinajstić information content (AvgIpc) is 2.39. The second-order valence-electron chi connectivity index (χ2n) is 7.77. The Hall–Kier alpha value is -0.980. The fraction of sp³-hybridized carbons (Fsp3) is 0.684. The summed E-state index contributed by atoms with van der Waals surface area (Å²) in [7, 11) is 0. The van der Waals surface area contributed by atoms with Gasteiger partial charge in [-0.1, -0.05) is 12.1 Å². The van der Waals surface area contributed by atoms with Crippen LogP contribution in [0.2, 0.25) is 0 Å². The zero-order valence-electron chi connectivity index (χ0n) is 12.5. The van der Waals surface area contributed by atoms with Crippen molar-refractivity contribution in [2.24, 2.45) is 29.6 Å². The van der Waals surface area contributed by atoms with Crippen molar-refractivity contribution in [2.45, 2.75) is 51.9 Å². The minimum Gasteiger partial charge on any atom is -0.508 e. The molecule has 4 fully saturated rings. The molecule has 0 unspecified atom stereocenters. The molecule has 0 aromatic heterocycles. The van der Waals surface area contributed by atoms with Crippen LogP contribution in [0.25, 0.3) is 0 Å². The predicted molar refractivity (Wildman–Crippen MR) is 81.7 cm³/mol. The quantitative estimate of drug-likeness (QED) is 0.843. The lowest BCUT2D eigenvalue weighted by atomic mass is 9.51. The van der Waals surface area contributed by atoms with Gasteiger partial charge < -0.3 is 5.11 Å². The first-order chi connectivity index (χ1) is 9.69. The molecule has 20 heavy (non-hydrogen) atoms. The number of rotatable bonds is 3. The van der Waals surface area contributed by atoms with Gasteiger partial charge in [0.05, 0.1) is 0 Å². The molecule has 0 spiro atoms. The number of phenols is 1. The lowest BCUT2D eigenvalue weighted by Gasteiger charge is -2.54. The molecule has 1 heteroatoms. The van der Waals surface area contributed by atoms with Crippen LogP contribution in [0, 0.1) is 36.5 Å². The minimum atomic E-state index is 0.508. The Morgan fingerprint density at radius 3 is 2.25 bits per heavy atom. The number of aromatic hydroxyl groups is 1. The standard InChI is InChI=1S/C19H26O/c1-12-2-3-15(19(20)6-12)4-5-18-16-8-13-7-14(10-16)11-17(18)9-13/h2-3,6,13-14,16-18,20H,4-5,7-11H2,1H3. The molecule has 1 aromatic rings. The SMILES string of the molecule is Cc1ccc(CCC2C3CC4CC(C3)CC2C4)c(O)c1. The normalized spacial score (nSPS) is 38.4. The summed E-state index contributed by atoms with van der Waals surface area (Å²) in [6, 6.07) is 6.17. The second-order valence-corrected chi connectivity index (χ2v) is 7.77. The van der Waals surface area contributed by atoms with E-state index in [0.29, 0.717) is 5.75 Å². The van der Waals surface area contributed by atoms with E-state index in [9.17, 15) is 5.11 Å². The molecule has 5 rings (SSSR count). The highest BCUT2D eigenvalue weighted by atomic mass is 16.3. The van der Waals surface area contributed by atoms with Gasteiger partial charge in [0.25, 0.3) is 0 Å². The summed E-state index contributed by atoms with van der Waals surface area (Å²) in [5.41, 5.74) is 2.31. The van der Waals surface area contributed by atoms with Crippen LogP contribution in [0.3, 0.4) is 0 Å². The van der Waals surface area contributed by atoms with Crippen molar-refractivity contribution >= 4 is 0 Å². The van der Waals surface area contributed by atoms with Crippen molar-refractivity contribution in [3.63, 3.8) is 0 Å². The summed E-state index contributed by atoms with van der Waals surface area (Å²) >= 11 is 0. The molecule has 1 aromatic carbocycles. The fourth-order valence-corrected chi connectivity index (χ4v) is 5.72. The van der Waals surface area contributed by atoms with Crippen molar-refractivity contribution in [3.05, 3.63) is 29.3 Å². The van der Waals surface area contributed by atoms with Crippen molar-refractivity contribution in [1.82, 2.24) is 0 Å². The van der Waals surface area contributed by atoms with Gasteiger partial charge in [-0.15, -0.1) is 0 Å². The maximum Gasteiger partial charge on any atom is 0.119 e. The van der Waals surface area contributed by atoms with E-state index in [1.54, 1.807) is 6.42 Å². The van der Waals surface area contributed by atoms with E-state index in [1.807, 2.05) is 13.0 Å². The molecule has 1 N–H and O–H groups in total. The molecular formula is C19H26O. The lowest BCUT2D eigenvalue weighted by Crippen LogP contribution is -2.45. The Bertz CT molecular complexity index is 476. The molecule has 0 saturated heterocycles. The number of benzene rings is 1. The maximum absolute atomic E-state index is 10.1. The third-order valence-electron chi connectivity index (χ3n) is 6.41. The highest BCUT2D eigenvalue weighted by molar-refractivity contribution is 5.35. The first-order valence-corrected chi connectivity index (χ1v) is 8.47. The minimum absolute atomic E-state index is 0.508. The van der Waals surface area contributed by atoms with Crippen LogP contribution in [0.1, 0.15) is 49.7 Å². The van der Waals surface area contributed by atoms with Crippen LogP contribution in [0.15, 0.2) is 18.2 Å². The molecule has 0 radical (unpaired) electrons. The maximum atomic E-state index is 10.1. The van der Waals surface area contributed by atoms with E-state index in [-0.39, 0.29) is 0 Å². The second kappa shape index (κ2) is 4.79. The summed E-state index contributed by atoms with van der Waals surface area (Å²) in [4.78, 5) is 0. The van der Waals surface area contributed by atoms with E-state index in [4.69, 9.17) is 0 Å². The van der Waals surface area contributed by atoms with Gasteiger partial charge >= 0.3 is 0 Å². The van der Waals surface area contributed by atoms with Crippen molar-refractivity contribution in [3.8, 4) is 5.75 Å². The molecule has 108 valence electrons. The van der Waals surface area contributed by atoms with E-state index in [2.05, 4.69) is 12.1 Å². The highest BCUT2D eigenvalue weighted by Crippen LogP contribution is 2.57. The van der Waals surface area contributed by atoms with E-state index >= 15 is 0 Å². The third-order valence-corrected chi connectivity index (χ3v) is 6.41. The Kier molecular flexibility index (Phi) is 3.05. The molecule has 0 heterocycles. The lowest BCUT2D eigenvalue weighted by molar-refractivity contribution is -0.0394. The van der Waals surface area contributed by atoms with Gasteiger partial charge in [-0.2, -0.15) is 0 Å². The summed E-state index contributed by atoms with van der Waals surface area (Å²) in [6.07, 6.45) is 9.95. The van der Waals surface area contributed by atoms with Crippen LogP contribution in [-0.2, 0) is 6.42 Å². The molecule has 1 nitrogen and oxygen atoms in total. The van der Waals surface area contributed by atoms with Crippen molar-refractivity contribution in [2.75, 3.05) is 0 Å². The number of phenolic OH excluding ortho intramolecular Hbond substituents is 1. The molecule has 0 amide bonds. The predicted octanol–water partition coefficient (Wildman–Crippen LogP) is 4.71. The smallest absolute Gasteiger partial charge is 0.119 e. The summed E-state index contributed by atoms with van der Waals surface area (Å²) in [5, 5.41) is 10.1. The summed E-state index contributed by atoms with van der Waals surface area (Å²) < 4.78 is 0. The van der Waals surface area contributed by atoms with Crippen molar-refractivity contribution in [1.29, 1.82) is 0 Å². The van der Waals surface area contributed by atoms with Crippen LogP contribution < -0.4 is 0 Å². The first-order valence-electron chi connectivity index (χ1n) is 8.47. The van der Waals surface area contributed by atoms with Gasteiger partial charge in [0.2, 0.25) is 0 Å². The topological polar surface area (TPSA) is 20.2 Å². The van der Waals surface area contributed by atoms with Crippen LogP contribution in [0.5, 0.6) is 5.75 Å². The van der Waals surface area contributed by atoms with E-state index in [0.717, 1.165) is 47.1 Å². The van der Waals surface area contributed by atoms with Gasteiger partial charge in [0.15, 0.2) is 0 Å². The average molecular weight is 270 g/mol. The molecule has 4 aliphatic rings. The van der Waals surface area contributed by atoms with Gasteiger partial charge in [-0.05, 0) is 98.7 Å². The molecular weight excluding hydrogens is 244 g/mol. The molecule has 4 aliphatic carbocycles. The van der Waals surface area contributed by atoms with E-state index < -0.39 is 0 Å². The fourth-order valence-electron chi connectivity index (χ4n) is 5.72. The molecule has 0 aliphatic heterocycles. The summed E-state index contributed by atoms with van der Waals surface area (Å²) in [6.45, 7) is 2.04. The van der Waals surface area contributed by atoms with Gasteiger partial charge in [0, 0.05) is 0 Å².